The van der Waals surface area contributed by atoms with E-state index in [-0.39, 0.29) is 20.8 Å². The highest BCUT2D eigenvalue weighted by molar-refractivity contribution is 8.76. The van der Waals surface area contributed by atoms with Gasteiger partial charge in [-0.05, 0) is 6.92 Å². The van der Waals surface area contributed by atoms with Gasteiger partial charge in [0.05, 0.1) is 19.8 Å². The van der Waals surface area contributed by atoms with Crippen molar-refractivity contribution < 1.29 is 17.1 Å². The van der Waals surface area contributed by atoms with Crippen LogP contribution in [0, 0.1) is 17.8 Å². The summed E-state index contributed by atoms with van der Waals surface area (Å²) in [6.45, 7) is 12.6. The van der Waals surface area contributed by atoms with E-state index in [4.69, 9.17) is 9.47 Å². The second-order valence-corrected chi connectivity index (χ2v) is 8.56. The Kier molecular flexibility index (Phi) is 15.8. The van der Waals surface area contributed by atoms with E-state index in [9.17, 15) is 4.79 Å². The molecule has 0 aromatic carbocycles. The van der Waals surface area contributed by atoms with E-state index in [2.05, 4.69) is 36.3 Å². The van der Waals surface area contributed by atoms with Gasteiger partial charge < -0.3 is 20.1 Å². The Morgan fingerprint density at radius 1 is 1.21 bits per heavy atom. The van der Waals surface area contributed by atoms with Crippen LogP contribution in [0.3, 0.4) is 0 Å². The summed E-state index contributed by atoms with van der Waals surface area (Å²) in [7, 11) is 3.51. The highest BCUT2D eigenvalue weighted by atomic mass is 33.1. The van der Waals surface area contributed by atoms with Crippen LogP contribution >= 0.6 is 21.6 Å². The molecule has 0 saturated heterocycles. The topological polar surface area (TPSA) is 59.6 Å². The SMILES string of the molecule is CC(C)C#CCNC(=O)COCCOC(C)SSCCNC(C)C.[HH].[HH]. The first kappa shape index (κ1) is 23.6. The molecule has 0 aliphatic heterocycles. The van der Waals surface area contributed by atoms with E-state index in [0.717, 1.165) is 12.3 Å². The molecule has 0 aliphatic carbocycles. The summed E-state index contributed by atoms with van der Waals surface area (Å²) in [5.74, 6) is 7.10. The lowest BCUT2D eigenvalue weighted by Crippen LogP contribution is -2.28. The number of hydrogen-bond acceptors (Lipinski definition) is 6. The zero-order chi connectivity index (χ0) is 18.2. The number of amides is 1. The molecule has 7 heteroatoms. The molecule has 0 heterocycles. The average Bonchev–Trinajstić information content (AvgIpc) is 2.50. The third kappa shape index (κ3) is 18.0. The van der Waals surface area contributed by atoms with E-state index in [1.54, 1.807) is 21.6 Å². The molecule has 0 aromatic rings. The van der Waals surface area contributed by atoms with Crippen molar-refractivity contribution in [3.8, 4) is 11.8 Å². The molecular formula is C17H36N2O3S2. The maximum atomic E-state index is 11.5. The largest absolute Gasteiger partial charge is 0.369 e. The van der Waals surface area contributed by atoms with Crippen molar-refractivity contribution in [3.63, 3.8) is 0 Å². The fourth-order valence-corrected chi connectivity index (χ4v) is 3.37. The standard InChI is InChI=1S/C17H32N2O3S2.2H2/c1-14(2)7-6-8-19-17(20)13-21-10-11-22-16(5)24-23-12-9-18-15(3)4;;/h14-16,18H,8-13H2,1-5H3,(H,19,20);2*1H. The molecule has 0 saturated carbocycles. The van der Waals surface area contributed by atoms with Gasteiger partial charge in [-0.3, -0.25) is 4.79 Å². The van der Waals surface area contributed by atoms with E-state index < -0.39 is 0 Å². The molecule has 5 nitrogen and oxygen atoms in total. The summed E-state index contributed by atoms with van der Waals surface area (Å²) in [6.07, 6.45) is 0. The summed E-state index contributed by atoms with van der Waals surface area (Å²) < 4.78 is 10.9. The van der Waals surface area contributed by atoms with Crippen LogP contribution in [0.25, 0.3) is 0 Å². The van der Waals surface area contributed by atoms with Gasteiger partial charge in [0.1, 0.15) is 12.0 Å². The van der Waals surface area contributed by atoms with Gasteiger partial charge in [-0.1, -0.05) is 61.1 Å². The van der Waals surface area contributed by atoms with E-state index in [0.29, 0.717) is 31.7 Å². The summed E-state index contributed by atoms with van der Waals surface area (Å²) >= 11 is 0. The third-order valence-electron chi connectivity index (χ3n) is 2.52. The van der Waals surface area contributed by atoms with Crippen LogP contribution in [0.5, 0.6) is 0 Å². The van der Waals surface area contributed by atoms with Crippen molar-refractivity contribution in [2.75, 3.05) is 38.7 Å². The van der Waals surface area contributed by atoms with E-state index in [1.165, 1.54) is 0 Å². The Hall–Kier alpha value is -0.390. The molecule has 0 radical (unpaired) electrons. The van der Waals surface area contributed by atoms with Gasteiger partial charge in [-0.15, -0.1) is 0 Å². The second kappa shape index (κ2) is 16.1. The number of rotatable bonds is 13. The summed E-state index contributed by atoms with van der Waals surface area (Å²) in [5.41, 5.74) is 0.109. The first-order valence-corrected chi connectivity index (χ1v) is 10.8. The Bertz CT molecular complexity index is 392. The smallest absolute Gasteiger partial charge is 0.246 e. The van der Waals surface area contributed by atoms with Gasteiger partial charge in [-0.2, -0.15) is 0 Å². The molecule has 0 aliphatic rings. The third-order valence-corrected chi connectivity index (χ3v) is 5.15. The van der Waals surface area contributed by atoms with Crippen molar-refractivity contribution in [2.24, 2.45) is 5.92 Å². The highest BCUT2D eigenvalue weighted by Gasteiger charge is 2.04. The number of ether oxygens (including phenoxy) is 2. The Labute approximate surface area is 158 Å². The molecule has 0 fully saturated rings. The normalized spacial score (nSPS) is 12.1. The van der Waals surface area contributed by atoms with Crippen molar-refractivity contribution >= 4 is 27.5 Å². The lowest BCUT2D eigenvalue weighted by atomic mass is 10.2. The van der Waals surface area contributed by atoms with Crippen LogP contribution in [0.1, 0.15) is 37.5 Å². The van der Waals surface area contributed by atoms with Gasteiger partial charge in [0.15, 0.2) is 0 Å². The van der Waals surface area contributed by atoms with Crippen LogP contribution < -0.4 is 10.6 Å². The molecular weight excluding hydrogens is 344 g/mol. The van der Waals surface area contributed by atoms with Gasteiger partial charge in [0, 0.05) is 27.1 Å². The number of nitrogens with one attached hydrogen (secondary N) is 2. The zero-order valence-corrected chi connectivity index (χ0v) is 17.1. The summed E-state index contributed by atoms with van der Waals surface area (Å²) in [5, 5.41) is 6.07. The molecule has 1 atom stereocenters. The summed E-state index contributed by atoms with van der Waals surface area (Å²) in [6, 6.07) is 0.529. The van der Waals surface area contributed by atoms with Gasteiger partial charge in [0.2, 0.25) is 5.91 Å². The second-order valence-electron chi connectivity index (χ2n) is 5.77. The quantitative estimate of drug-likeness (QED) is 0.222. The minimum atomic E-state index is -0.149. The first-order chi connectivity index (χ1) is 11.4. The zero-order valence-electron chi connectivity index (χ0n) is 15.5. The summed E-state index contributed by atoms with van der Waals surface area (Å²) in [4.78, 5) is 11.5. The maximum Gasteiger partial charge on any atom is 0.246 e. The lowest BCUT2D eigenvalue weighted by molar-refractivity contribution is -0.126. The van der Waals surface area contributed by atoms with Crippen molar-refractivity contribution in [1.82, 2.24) is 10.6 Å². The molecule has 0 aromatic heterocycles. The highest BCUT2D eigenvalue weighted by Crippen LogP contribution is 2.26. The number of carbonyl (C=O) groups is 1. The number of hydrogen-bond donors (Lipinski definition) is 2. The number of carbonyl (C=O) groups excluding carboxylic acids is 1. The molecule has 1 unspecified atom stereocenters. The van der Waals surface area contributed by atoms with Gasteiger partial charge in [0.25, 0.3) is 0 Å². The minimum absolute atomic E-state index is 0. The van der Waals surface area contributed by atoms with E-state index in [1.807, 2.05) is 20.8 Å². The Balaban J connectivity index is -0.00000264. The molecule has 2 N–H and O–H groups in total. The Morgan fingerprint density at radius 3 is 2.62 bits per heavy atom. The van der Waals surface area contributed by atoms with Crippen LogP contribution in [-0.2, 0) is 14.3 Å². The van der Waals surface area contributed by atoms with Crippen molar-refractivity contribution in [2.45, 2.75) is 46.1 Å². The van der Waals surface area contributed by atoms with Gasteiger partial charge in [-0.25, -0.2) is 0 Å². The molecule has 1 amide bonds. The molecule has 0 spiro atoms. The van der Waals surface area contributed by atoms with Crippen molar-refractivity contribution in [1.29, 1.82) is 0 Å². The molecule has 24 heavy (non-hydrogen) atoms. The van der Waals surface area contributed by atoms with Crippen molar-refractivity contribution in [3.05, 3.63) is 0 Å². The molecule has 0 rings (SSSR count). The lowest BCUT2D eigenvalue weighted by Gasteiger charge is -2.12. The Morgan fingerprint density at radius 2 is 1.96 bits per heavy atom. The van der Waals surface area contributed by atoms with Crippen LogP contribution in [0.15, 0.2) is 0 Å². The van der Waals surface area contributed by atoms with Gasteiger partial charge >= 0.3 is 0 Å². The van der Waals surface area contributed by atoms with Crippen LogP contribution in [0.4, 0.5) is 0 Å². The molecule has 144 valence electrons. The van der Waals surface area contributed by atoms with E-state index >= 15 is 0 Å². The maximum absolute atomic E-state index is 11.5. The van der Waals surface area contributed by atoms with Crippen LogP contribution in [-0.4, -0.2) is 56.0 Å². The monoisotopic (exact) mass is 380 g/mol. The van der Waals surface area contributed by atoms with Crippen LogP contribution in [0.2, 0.25) is 0 Å². The minimum Gasteiger partial charge on any atom is -0.369 e. The predicted octanol–water partition coefficient (Wildman–Crippen LogP) is 3.01. The predicted molar refractivity (Wildman–Crippen MR) is 109 cm³/mol. The molecule has 0 bridgehead atoms. The average molecular weight is 381 g/mol. The fraction of sp³-hybridized carbons (Fsp3) is 0.824. The first-order valence-electron chi connectivity index (χ1n) is 8.38. The fourth-order valence-electron chi connectivity index (χ4n) is 1.45.